The van der Waals surface area contributed by atoms with E-state index in [1.54, 1.807) is 26.0 Å². The first-order valence-corrected chi connectivity index (χ1v) is 8.42. The van der Waals surface area contributed by atoms with Crippen LogP contribution in [0.3, 0.4) is 0 Å². The molecule has 0 saturated carbocycles. The molecule has 3 rings (SSSR count). The van der Waals surface area contributed by atoms with E-state index in [9.17, 15) is 0 Å². The minimum Gasteiger partial charge on any atom is -0.393 e. The van der Waals surface area contributed by atoms with Gasteiger partial charge in [-0.15, -0.1) is 29.8 Å². The summed E-state index contributed by atoms with van der Waals surface area (Å²) >= 11 is 0. The van der Waals surface area contributed by atoms with Crippen molar-refractivity contribution >= 4 is 11.0 Å². The van der Waals surface area contributed by atoms with Crippen molar-refractivity contribution in [1.29, 1.82) is 5.26 Å². The normalized spacial score (nSPS) is 12.1. The van der Waals surface area contributed by atoms with Crippen LogP contribution < -0.4 is 0 Å². The van der Waals surface area contributed by atoms with Gasteiger partial charge in [0.05, 0.1) is 23.2 Å². The third-order valence-electron chi connectivity index (χ3n) is 3.62. The van der Waals surface area contributed by atoms with Gasteiger partial charge >= 0.3 is 0 Å². The molecule has 2 aromatic carbocycles. The molecule has 0 saturated heterocycles. The molecule has 0 aliphatic carbocycles. The summed E-state index contributed by atoms with van der Waals surface area (Å²) in [5.74, 6) is 0. The van der Waals surface area contributed by atoms with Gasteiger partial charge in [0.25, 0.3) is 0 Å². The molecule has 1 aromatic heterocycles. The zero-order chi connectivity index (χ0) is 19.1. The molecule has 0 fully saturated rings. The zero-order valence-electron chi connectivity index (χ0n) is 15.5. The van der Waals surface area contributed by atoms with Gasteiger partial charge in [0.1, 0.15) is 0 Å². The van der Waals surface area contributed by atoms with E-state index in [0.717, 1.165) is 28.0 Å². The van der Waals surface area contributed by atoms with Crippen LogP contribution in [-0.2, 0) is 21.1 Å². The number of fused-ring (bicyclic) bond motifs is 1. The van der Waals surface area contributed by atoms with Crippen LogP contribution in [0.5, 0.6) is 0 Å². The van der Waals surface area contributed by atoms with Gasteiger partial charge < -0.3 is 10.2 Å². The third kappa shape index (κ3) is 6.84. The van der Waals surface area contributed by atoms with Gasteiger partial charge in [-0.3, -0.25) is 9.97 Å². The molecule has 2 unspecified atom stereocenters. The quantitative estimate of drug-likeness (QED) is 0.495. The van der Waals surface area contributed by atoms with Crippen LogP contribution >= 0.6 is 0 Å². The van der Waals surface area contributed by atoms with E-state index in [4.69, 9.17) is 15.5 Å². The molecule has 0 spiro atoms. The molecule has 5 nitrogen and oxygen atoms in total. The van der Waals surface area contributed by atoms with E-state index in [1.807, 2.05) is 37.3 Å². The summed E-state index contributed by atoms with van der Waals surface area (Å²) in [6.45, 7) is 5.25. The first kappa shape index (κ1) is 22.9. The minimum absolute atomic E-state index is 0. The van der Waals surface area contributed by atoms with Crippen LogP contribution in [0.15, 0.2) is 42.5 Å². The number of benzene rings is 2. The summed E-state index contributed by atoms with van der Waals surface area (Å²) in [7, 11) is 0. The average Bonchev–Trinajstić information content (AvgIpc) is 2.60. The van der Waals surface area contributed by atoms with Crippen LogP contribution in [0.4, 0.5) is 0 Å². The molecule has 144 valence electrons. The van der Waals surface area contributed by atoms with Crippen molar-refractivity contribution in [3.05, 3.63) is 59.8 Å². The Balaban J connectivity index is 0.000000395. The Hall–Kier alpha value is -2.12. The Morgan fingerprint density at radius 2 is 1.63 bits per heavy atom. The van der Waals surface area contributed by atoms with Crippen molar-refractivity contribution < 1.29 is 31.3 Å². The molecule has 2 atom stereocenters. The van der Waals surface area contributed by atoms with Crippen molar-refractivity contribution in [3.8, 4) is 17.3 Å². The number of hydrogen-bond donors (Lipinski definition) is 2. The van der Waals surface area contributed by atoms with Gasteiger partial charge in [0, 0.05) is 38.5 Å². The molecule has 0 amide bonds. The summed E-state index contributed by atoms with van der Waals surface area (Å²) < 4.78 is 0. The Labute approximate surface area is 174 Å². The molecule has 0 bridgehead atoms. The van der Waals surface area contributed by atoms with Gasteiger partial charge in [-0.25, -0.2) is 5.26 Å². The summed E-state index contributed by atoms with van der Waals surface area (Å²) in [5, 5.41) is 25.9. The van der Waals surface area contributed by atoms with Crippen molar-refractivity contribution in [2.24, 2.45) is 0 Å². The van der Waals surface area contributed by atoms with Crippen molar-refractivity contribution in [2.75, 3.05) is 0 Å². The number of aliphatic hydroxyl groups is 2. The largest absolute Gasteiger partial charge is 0.393 e. The topological polar surface area (TPSA) is 90.0 Å². The third-order valence-corrected chi connectivity index (χ3v) is 3.62. The maximum Gasteiger partial charge on any atom is 0.0870 e. The molecule has 27 heavy (non-hydrogen) atoms. The summed E-state index contributed by atoms with van der Waals surface area (Å²) in [4.78, 5) is 9.17. The fourth-order valence-electron chi connectivity index (χ4n) is 2.48. The van der Waals surface area contributed by atoms with Crippen LogP contribution in [0.1, 0.15) is 31.5 Å². The summed E-state index contributed by atoms with van der Waals surface area (Å²) in [6, 6.07) is 18.2. The van der Waals surface area contributed by atoms with E-state index in [-0.39, 0.29) is 33.3 Å². The summed E-state index contributed by atoms with van der Waals surface area (Å²) in [6.07, 6.45) is -0.278. The Morgan fingerprint density at radius 3 is 2.07 bits per heavy atom. The Bertz CT molecular complexity index is 897. The standard InChI is InChI=1S/C16H10N3.C5H12O2.Pt/c1-11-16(13-8-6-12(10-17)7-9-13)19-15-5-3-2-4-14(15)18-11;1-4(6)3-5(2)7;/h2-8H,1H3;4-7H,3H2,1-2H3;/q-1;;. The van der Waals surface area contributed by atoms with Gasteiger partial charge in [-0.05, 0) is 44.9 Å². The van der Waals surface area contributed by atoms with E-state index in [1.165, 1.54) is 0 Å². The van der Waals surface area contributed by atoms with Crippen LogP contribution in [0.25, 0.3) is 22.3 Å². The molecule has 6 heteroatoms. The van der Waals surface area contributed by atoms with E-state index >= 15 is 0 Å². The Morgan fingerprint density at radius 1 is 1.04 bits per heavy atom. The number of nitrogens with zero attached hydrogens (tertiary/aromatic N) is 3. The fourth-order valence-corrected chi connectivity index (χ4v) is 2.48. The van der Waals surface area contributed by atoms with Crippen molar-refractivity contribution in [3.63, 3.8) is 0 Å². The molecule has 2 N–H and O–H groups in total. The Kier molecular flexibility index (Phi) is 9.24. The zero-order valence-corrected chi connectivity index (χ0v) is 17.7. The average molecular weight is 544 g/mol. The number of nitriles is 1. The van der Waals surface area contributed by atoms with E-state index in [2.05, 4.69) is 22.1 Å². The van der Waals surface area contributed by atoms with Crippen molar-refractivity contribution in [2.45, 2.75) is 39.4 Å². The molecule has 0 aliphatic heterocycles. The minimum atomic E-state index is -0.375. The number of hydrogen-bond acceptors (Lipinski definition) is 5. The van der Waals surface area contributed by atoms with E-state index < -0.39 is 0 Å². The van der Waals surface area contributed by atoms with Gasteiger partial charge in [-0.2, -0.15) is 0 Å². The monoisotopic (exact) mass is 543 g/mol. The molecule has 0 aliphatic rings. The first-order valence-electron chi connectivity index (χ1n) is 8.42. The maximum absolute atomic E-state index is 8.80. The smallest absolute Gasteiger partial charge is 0.0870 e. The van der Waals surface area contributed by atoms with Gasteiger partial charge in [0.2, 0.25) is 0 Å². The molecular weight excluding hydrogens is 521 g/mol. The number of aromatic nitrogens is 2. The van der Waals surface area contributed by atoms with Gasteiger partial charge in [-0.1, -0.05) is 12.1 Å². The van der Waals surface area contributed by atoms with Crippen LogP contribution in [-0.4, -0.2) is 32.4 Å². The second-order valence-corrected chi connectivity index (χ2v) is 6.18. The predicted octanol–water partition coefficient (Wildman–Crippen LogP) is 3.41. The van der Waals surface area contributed by atoms with Crippen molar-refractivity contribution in [1.82, 2.24) is 9.97 Å². The second-order valence-electron chi connectivity index (χ2n) is 6.18. The molecule has 1 heterocycles. The van der Waals surface area contributed by atoms with E-state index in [0.29, 0.717) is 12.0 Å². The van der Waals surface area contributed by atoms with Gasteiger partial charge in [0.15, 0.2) is 0 Å². The molecular formula is C21H22N3O2Pt-. The maximum atomic E-state index is 8.80. The molecule has 3 aromatic rings. The first-order chi connectivity index (χ1) is 12.4. The fraction of sp³-hybridized carbons (Fsp3) is 0.286. The van der Waals surface area contributed by atoms with Crippen LogP contribution in [0, 0.1) is 24.3 Å². The number of aliphatic hydroxyl groups excluding tert-OH is 2. The second kappa shape index (κ2) is 10.9. The summed E-state index contributed by atoms with van der Waals surface area (Å²) in [5.41, 5.74) is 4.87. The number of aryl methyl sites for hydroxylation is 1. The number of rotatable bonds is 3. The number of para-hydroxylation sites is 2. The van der Waals surface area contributed by atoms with Crippen LogP contribution in [0.2, 0.25) is 0 Å². The SMILES string of the molecule is CC(O)CC(C)O.Cc1nc2ccccc2nc1-c1[c-]cc(C#N)cc1.[Pt]. The molecule has 0 radical (unpaired) electrons. The predicted molar refractivity (Wildman–Crippen MR) is 101 cm³/mol.